The summed E-state index contributed by atoms with van der Waals surface area (Å²) < 4.78 is 11.4. The minimum absolute atomic E-state index is 0.263. The average molecular weight is 701 g/mol. The predicted octanol–water partition coefficient (Wildman–Crippen LogP) is 10.1. The van der Waals surface area contributed by atoms with Gasteiger partial charge in [-0.2, -0.15) is 0 Å². The number of aromatic nitrogens is 2. The van der Waals surface area contributed by atoms with Crippen LogP contribution in [0.4, 0.5) is 0 Å². The number of rotatable bonds is 2. The van der Waals surface area contributed by atoms with Gasteiger partial charge in [-0.1, -0.05) is 0 Å². The number of fused-ring (bicyclic) bond motifs is 9. The summed E-state index contributed by atoms with van der Waals surface area (Å²) in [4.78, 5) is 9.64. The van der Waals surface area contributed by atoms with Crippen molar-refractivity contribution in [2.45, 2.75) is 0 Å². The first-order valence-electron chi connectivity index (χ1n) is 13.7. The molecule has 10 rings (SSSR count). The molecule has 0 unspecified atom stereocenters. The molecule has 0 spiro atoms. The molecule has 0 atom stereocenters. The Bertz CT molecular complexity index is 2520. The Morgan fingerprint density at radius 3 is 1.38 bits per heavy atom. The van der Waals surface area contributed by atoms with E-state index in [0.717, 1.165) is 11.4 Å². The van der Waals surface area contributed by atoms with E-state index in [0.29, 0.717) is 0 Å². The third-order valence-corrected chi connectivity index (χ3v) is 15.3. The quantitative estimate of drug-likeness (QED) is 0.168. The van der Waals surface area contributed by atoms with Crippen LogP contribution in [-0.4, -0.2) is 39.0 Å². The molecule has 4 aromatic carbocycles. The average Bonchev–Trinajstić information content (AvgIpc) is 3.80. The van der Waals surface area contributed by atoms with Crippen molar-refractivity contribution in [2.24, 2.45) is 0 Å². The summed E-state index contributed by atoms with van der Waals surface area (Å²) in [7, 11) is 0. The number of benzene rings is 4. The Balaban J connectivity index is 1.09. The van der Waals surface area contributed by atoms with Crippen molar-refractivity contribution in [3.8, 4) is 20.3 Å². The first-order valence-corrected chi connectivity index (χ1v) is 18.8. The van der Waals surface area contributed by atoms with Crippen LogP contribution in [0, 0.1) is 0 Å². The number of hydrogen-bond acceptors (Lipinski definition) is 4. The van der Waals surface area contributed by atoms with Gasteiger partial charge >= 0.3 is 262 Å². The van der Waals surface area contributed by atoms with Crippen LogP contribution in [0.5, 0.6) is 0 Å². The van der Waals surface area contributed by atoms with E-state index in [-0.39, 0.29) is 29.0 Å². The number of thiophene rings is 2. The molecular formula is C36H18N2S2Se2. The van der Waals surface area contributed by atoms with Crippen LogP contribution in [-0.2, 0) is 0 Å². The van der Waals surface area contributed by atoms with Gasteiger partial charge in [0.05, 0.1) is 0 Å². The molecule has 10 aromatic rings. The van der Waals surface area contributed by atoms with E-state index in [2.05, 4.69) is 97.1 Å². The Morgan fingerprint density at radius 1 is 0.452 bits per heavy atom. The molecule has 0 N–H and O–H groups in total. The molecule has 6 heterocycles. The van der Waals surface area contributed by atoms with Crippen LogP contribution in [0.3, 0.4) is 0 Å². The normalized spacial score (nSPS) is 12.3. The topological polar surface area (TPSA) is 25.8 Å². The summed E-state index contributed by atoms with van der Waals surface area (Å²) in [6.45, 7) is 0. The van der Waals surface area contributed by atoms with E-state index in [1.807, 2.05) is 35.1 Å². The molecule has 42 heavy (non-hydrogen) atoms. The van der Waals surface area contributed by atoms with Gasteiger partial charge in [-0.05, 0) is 0 Å². The van der Waals surface area contributed by atoms with E-state index in [1.54, 1.807) is 0 Å². The van der Waals surface area contributed by atoms with Crippen LogP contribution < -0.4 is 0 Å². The summed E-state index contributed by atoms with van der Waals surface area (Å²) in [5.74, 6) is 0. The fourth-order valence-corrected chi connectivity index (χ4v) is 13.4. The van der Waals surface area contributed by atoms with Gasteiger partial charge in [0.2, 0.25) is 0 Å². The fraction of sp³-hybridized carbons (Fsp3) is 0. The molecule has 0 saturated carbocycles. The summed E-state index contributed by atoms with van der Waals surface area (Å²) in [6.07, 6.45) is 4.03. The predicted molar refractivity (Wildman–Crippen MR) is 185 cm³/mol. The van der Waals surface area contributed by atoms with E-state index in [9.17, 15) is 0 Å². The third-order valence-electron chi connectivity index (χ3n) is 8.12. The van der Waals surface area contributed by atoms with E-state index >= 15 is 0 Å². The number of nitrogens with zero attached hydrogens (tertiary/aromatic N) is 2. The fourth-order valence-electron chi connectivity index (χ4n) is 6.02. The first kappa shape index (κ1) is 23.9. The zero-order chi connectivity index (χ0) is 27.4. The SMILES string of the molecule is c1ccc2cc(-c3cc4cc5c(cc4[se]3)sc3c4cc6cc(-c7cc8ccccc8cn7)[se]c6cc4sc53)ncc2c1. The van der Waals surface area contributed by atoms with Crippen LogP contribution in [0.1, 0.15) is 0 Å². The Kier molecular flexibility index (Phi) is 5.10. The zero-order valence-corrected chi connectivity index (χ0v) is 27.0. The molecular weight excluding hydrogens is 682 g/mol. The second-order valence-corrected chi connectivity index (χ2v) is 17.3. The monoisotopic (exact) mass is 702 g/mol. The Morgan fingerprint density at radius 2 is 0.905 bits per heavy atom. The van der Waals surface area contributed by atoms with E-state index < -0.39 is 0 Å². The van der Waals surface area contributed by atoms with Crippen molar-refractivity contribution in [1.29, 1.82) is 0 Å². The molecule has 0 fully saturated rings. The minimum atomic E-state index is 0.263. The summed E-state index contributed by atoms with van der Waals surface area (Å²) in [6, 6.07) is 36.0. The number of hydrogen-bond donors (Lipinski definition) is 0. The van der Waals surface area contributed by atoms with E-state index in [4.69, 9.17) is 9.97 Å². The zero-order valence-electron chi connectivity index (χ0n) is 21.9. The van der Waals surface area contributed by atoms with Crippen LogP contribution in [0.2, 0.25) is 0 Å². The number of pyridine rings is 2. The Labute approximate surface area is 260 Å². The van der Waals surface area contributed by atoms with Gasteiger partial charge in [-0.15, -0.1) is 0 Å². The third kappa shape index (κ3) is 3.61. The second-order valence-electron chi connectivity index (χ2n) is 10.7. The van der Waals surface area contributed by atoms with Crippen molar-refractivity contribution in [2.75, 3.05) is 0 Å². The molecule has 196 valence electrons. The van der Waals surface area contributed by atoms with Crippen LogP contribution in [0.25, 0.3) is 90.7 Å². The maximum absolute atomic E-state index is 4.82. The van der Waals surface area contributed by atoms with Gasteiger partial charge < -0.3 is 0 Å². The van der Waals surface area contributed by atoms with Gasteiger partial charge in [0.1, 0.15) is 0 Å². The van der Waals surface area contributed by atoms with Crippen molar-refractivity contribution in [1.82, 2.24) is 9.97 Å². The molecule has 0 saturated heterocycles. The van der Waals surface area contributed by atoms with E-state index in [1.165, 1.54) is 79.3 Å². The molecule has 0 radical (unpaired) electrons. The molecule has 0 aliphatic heterocycles. The second kappa shape index (κ2) is 8.95. The molecule has 6 heteroatoms. The van der Waals surface area contributed by atoms with Crippen molar-refractivity contribution < 1.29 is 0 Å². The van der Waals surface area contributed by atoms with Crippen molar-refractivity contribution in [3.63, 3.8) is 0 Å². The first-order chi connectivity index (χ1) is 20.7. The molecule has 2 nitrogen and oxygen atoms in total. The van der Waals surface area contributed by atoms with Crippen LogP contribution >= 0.6 is 22.7 Å². The molecule has 0 bridgehead atoms. The van der Waals surface area contributed by atoms with Crippen LogP contribution in [0.15, 0.2) is 109 Å². The van der Waals surface area contributed by atoms with Gasteiger partial charge in [-0.25, -0.2) is 0 Å². The van der Waals surface area contributed by atoms with Gasteiger partial charge in [-0.3, -0.25) is 0 Å². The standard InChI is InChI=1S/C36H18N2S2Se2/c1-3-7-21-17-37-27(11-19(21)5-1)33-13-23-9-25-29(15-31(23)41-33)39-36-26-10-24-14-34(42-32(24)16-30(26)40-35(25)36)28-12-20-6-2-4-8-22(20)18-38-28/h1-18H. The summed E-state index contributed by atoms with van der Waals surface area (Å²) >= 11 is 4.45. The van der Waals surface area contributed by atoms with Gasteiger partial charge in [0, 0.05) is 0 Å². The summed E-state index contributed by atoms with van der Waals surface area (Å²) in [5, 5.41) is 10.4. The van der Waals surface area contributed by atoms with Gasteiger partial charge in [0.15, 0.2) is 0 Å². The molecule has 0 aliphatic carbocycles. The Hall–Kier alpha value is -3.60. The molecule has 0 aliphatic rings. The van der Waals surface area contributed by atoms with Crippen molar-refractivity contribution >= 4 is 122 Å². The van der Waals surface area contributed by atoms with Gasteiger partial charge in [0.25, 0.3) is 0 Å². The summed E-state index contributed by atoms with van der Waals surface area (Å²) in [5.41, 5.74) is 2.23. The molecule has 6 aromatic heterocycles. The maximum atomic E-state index is 4.82. The van der Waals surface area contributed by atoms with Crippen molar-refractivity contribution in [3.05, 3.63) is 109 Å². The molecule has 0 amide bonds.